The Kier molecular flexibility index (Phi) is 5.86. The first kappa shape index (κ1) is 19.8. The van der Waals surface area contributed by atoms with E-state index >= 15 is 0 Å². The number of thiazole rings is 1. The van der Waals surface area contributed by atoms with Gasteiger partial charge in [-0.3, -0.25) is 14.5 Å². The van der Waals surface area contributed by atoms with E-state index in [1.165, 1.54) is 18.3 Å². The number of carbonyl (C=O) groups is 2. The summed E-state index contributed by atoms with van der Waals surface area (Å²) in [4.78, 5) is 31.6. The fourth-order valence-electron chi connectivity index (χ4n) is 3.34. The molecule has 1 aromatic heterocycles. The van der Waals surface area contributed by atoms with Crippen molar-refractivity contribution in [1.82, 2.24) is 10.3 Å². The first-order chi connectivity index (χ1) is 14.6. The third kappa shape index (κ3) is 4.39. The van der Waals surface area contributed by atoms with Gasteiger partial charge in [-0.2, -0.15) is 0 Å². The minimum Gasteiger partial charge on any atom is -0.349 e. The van der Waals surface area contributed by atoms with Crippen molar-refractivity contribution in [2.45, 2.75) is 19.4 Å². The molecule has 0 radical (unpaired) electrons. The molecule has 1 heterocycles. The molecule has 4 aromatic rings. The molecule has 0 spiro atoms. The number of amides is 2. The van der Waals surface area contributed by atoms with Gasteiger partial charge >= 0.3 is 0 Å². The molecule has 5 nitrogen and oxygen atoms in total. The topological polar surface area (TPSA) is 62.3 Å². The molecular formula is C24H21N3O2S. The average Bonchev–Trinajstić information content (AvgIpc) is 3.18. The van der Waals surface area contributed by atoms with Crippen LogP contribution in [0.2, 0.25) is 0 Å². The SMILES string of the molecule is CC(=O)NC(CC(=O)N(c1ccccc1)c1nc2ccccc2s1)c1ccccc1. The number of nitrogens with one attached hydrogen (secondary N) is 1. The number of rotatable bonds is 6. The second-order valence-corrected chi connectivity index (χ2v) is 7.91. The van der Waals surface area contributed by atoms with Crippen LogP contribution in [-0.4, -0.2) is 16.8 Å². The van der Waals surface area contributed by atoms with Crippen molar-refractivity contribution >= 4 is 44.2 Å². The van der Waals surface area contributed by atoms with Crippen molar-refractivity contribution in [3.05, 3.63) is 90.5 Å². The summed E-state index contributed by atoms with van der Waals surface area (Å²) >= 11 is 1.47. The van der Waals surface area contributed by atoms with E-state index in [4.69, 9.17) is 0 Å². The van der Waals surface area contributed by atoms with E-state index in [2.05, 4.69) is 10.3 Å². The van der Waals surface area contributed by atoms with Crippen LogP contribution in [0.3, 0.4) is 0 Å². The first-order valence-electron chi connectivity index (χ1n) is 9.67. The Morgan fingerprint density at radius 3 is 2.23 bits per heavy atom. The van der Waals surface area contributed by atoms with E-state index in [0.717, 1.165) is 21.5 Å². The lowest BCUT2D eigenvalue weighted by atomic mass is 10.0. The predicted octanol–water partition coefficient (Wildman–Crippen LogP) is 5.23. The van der Waals surface area contributed by atoms with Gasteiger partial charge in [-0.05, 0) is 29.8 Å². The van der Waals surface area contributed by atoms with Gasteiger partial charge in [-0.15, -0.1) is 0 Å². The highest BCUT2D eigenvalue weighted by Gasteiger charge is 2.26. The number of para-hydroxylation sites is 2. The molecule has 3 aromatic carbocycles. The molecule has 0 bridgehead atoms. The molecule has 0 aliphatic rings. The molecule has 1 unspecified atom stereocenters. The monoisotopic (exact) mass is 415 g/mol. The lowest BCUT2D eigenvalue weighted by molar-refractivity contribution is -0.121. The molecule has 0 saturated heterocycles. The Balaban J connectivity index is 1.71. The van der Waals surface area contributed by atoms with E-state index in [0.29, 0.717) is 5.13 Å². The maximum atomic E-state index is 13.5. The zero-order valence-corrected chi connectivity index (χ0v) is 17.3. The van der Waals surface area contributed by atoms with Crippen LogP contribution in [0.4, 0.5) is 10.8 Å². The highest BCUT2D eigenvalue weighted by Crippen LogP contribution is 2.34. The quantitative estimate of drug-likeness (QED) is 0.469. The van der Waals surface area contributed by atoms with Gasteiger partial charge in [0, 0.05) is 6.92 Å². The second kappa shape index (κ2) is 8.88. The van der Waals surface area contributed by atoms with Crippen molar-refractivity contribution in [1.29, 1.82) is 0 Å². The number of carbonyl (C=O) groups excluding carboxylic acids is 2. The molecule has 6 heteroatoms. The fourth-order valence-corrected chi connectivity index (χ4v) is 4.35. The van der Waals surface area contributed by atoms with Gasteiger partial charge < -0.3 is 5.32 Å². The fraction of sp³-hybridized carbons (Fsp3) is 0.125. The smallest absolute Gasteiger partial charge is 0.235 e. The van der Waals surface area contributed by atoms with Gasteiger partial charge in [0.05, 0.1) is 28.4 Å². The molecule has 150 valence electrons. The molecule has 0 saturated carbocycles. The van der Waals surface area contributed by atoms with Crippen molar-refractivity contribution in [3.63, 3.8) is 0 Å². The summed E-state index contributed by atoms with van der Waals surface area (Å²) in [7, 11) is 0. The zero-order chi connectivity index (χ0) is 20.9. The lowest BCUT2D eigenvalue weighted by Gasteiger charge is -2.24. The molecule has 0 aliphatic heterocycles. The second-order valence-electron chi connectivity index (χ2n) is 6.90. The Bertz CT molecular complexity index is 1130. The van der Waals surface area contributed by atoms with Crippen LogP contribution in [0.15, 0.2) is 84.9 Å². The summed E-state index contributed by atoms with van der Waals surface area (Å²) in [5.41, 5.74) is 2.49. The Labute approximate surface area is 179 Å². The highest BCUT2D eigenvalue weighted by atomic mass is 32.1. The summed E-state index contributed by atoms with van der Waals surface area (Å²) < 4.78 is 1.02. The van der Waals surface area contributed by atoms with E-state index in [-0.39, 0.29) is 18.2 Å². The number of anilines is 2. The Morgan fingerprint density at radius 2 is 1.57 bits per heavy atom. The van der Waals surface area contributed by atoms with Gasteiger partial charge in [0.25, 0.3) is 0 Å². The Morgan fingerprint density at radius 1 is 0.933 bits per heavy atom. The van der Waals surface area contributed by atoms with Crippen LogP contribution < -0.4 is 10.2 Å². The van der Waals surface area contributed by atoms with E-state index in [1.807, 2.05) is 84.9 Å². The van der Waals surface area contributed by atoms with Crippen LogP contribution >= 0.6 is 11.3 Å². The summed E-state index contributed by atoms with van der Waals surface area (Å²) in [5, 5.41) is 3.52. The molecule has 30 heavy (non-hydrogen) atoms. The number of hydrogen-bond acceptors (Lipinski definition) is 4. The number of nitrogens with zero attached hydrogens (tertiary/aromatic N) is 2. The maximum Gasteiger partial charge on any atom is 0.235 e. The summed E-state index contributed by atoms with van der Waals surface area (Å²) in [5.74, 6) is -0.314. The number of hydrogen-bond donors (Lipinski definition) is 1. The van der Waals surface area contributed by atoms with Crippen LogP contribution in [0.1, 0.15) is 24.9 Å². The zero-order valence-electron chi connectivity index (χ0n) is 16.5. The van der Waals surface area contributed by atoms with Gasteiger partial charge in [0.2, 0.25) is 11.8 Å². The minimum absolute atomic E-state index is 0.119. The summed E-state index contributed by atoms with van der Waals surface area (Å²) in [6, 6.07) is 26.4. The lowest BCUT2D eigenvalue weighted by Crippen LogP contribution is -2.33. The Hall–Kier alpha value is -3.51. The van der Waals surface area contributed by atoms with Crippen LogP contribution in [0.25, 0.3) is 10.2 Å². The van der Waals surface area contributed by atoms with Gasteiger partial charge in [-0.25, -0.2) is 4.98 Å². The molecule has 1 atom stereocenters. The van der Waals surface area contributed by atoms with Crippen LogP contribution in [-0.2, 0) is 9.59 Å². The van der Waals surface area contributed by atoms with Gasteiger partial charge in [0.15, 0.2) is 5.13 Å². The van der Waals surface area contributed by atoms with E-state index in [1.54, 1.807) is 4.90 Å². The molecule has 0 aliphatic carbocycles. The first-order valence-corrected chi connectivity index (χ1v) is 10.5. The number of fused-ring (bicyclic) bond motifs is 1. The van der Waals surface area contributed by atoms with Gasteiger partial charge in [0.1, 0.15) is 0 Å². The molecule has 0 fully saturated rings. The normalized spacial score (nSPS) is 11.8. The summed E-state index contributed by atoms with van der Waals surface area (Å²) in [6.45, 7) is 1.46. The van der Waals surface area contributed by atoms with E-state index in [9.17, 15) is 9.59 Å². The van der Waals surface area contributed by atoms with Crippen molar-refractivity contribution in [2.24, 2.45) is 0 Å². The third-order valence-electron chi connectivity index (χ3n) is 4.70. The van der Waals surface area contributed by atoms with Crippen LogP contribution in [0, 0.1) is 0 Å². The average molecular weight is 416 g/mol. The maximum absolute atomic E-state index is 13.5. The molecule has 4 rings (SSSR count). The number of benzene rings is 3. The van der Waals surface area contributed by atoms with Crippen molar-refractivity contribution in [2.75, 3.05) is 4.90 Å². The minimum atomic E-state index is -0.420. The third-order valence-corrected chi connectivity index (χ3v) is 5.72. The number of aromatic nitrogens is 1. The van der Waals surface area contributed by atoms with Crippen LogP contribution in [0.5, 0.6) is 0 Å². The largest absolute Gasteiger partial charge is 0.349 e. The molecular weight excluding hydrogens is 394 g/mol. The standard InChI is InChI=1S/C24H21N3O2S/c1-17(28)25-21(18-10-4-2-5-11-18)16-23(29)27(19-12-6-3-7-13-19)24-26-20-14-8-9-15-22(20)30-24/h2-15,21H,16H2,1H3,(H,25,28). The highest BCUT2D eigenvalue weighted by molar-refractivity contribution is 7.22. The van der Waals surface area contributed by atoms with Crippen molar-refractivity contribution in [3.8, 4) is 0 Å². The van der Waals surface area contributed by atoms with E-state index < -0.39 is 6.04 Å². The van der Waals surface area contributed by atoms with Crippen molar-refractivity contribution < 1.29 is 9.59 Å². The summed E-state index contributed by atoms with van der Waals surface area (Å²) in [6.07, 6.45) is 0.119. The predicted molar refractivity (Wildman–Crippen MR) is 121 cm³/mol. The molecule has 2 amide bonds. The molecule has 1 N–H and O–H groups in total. The van der Waals surface area contributed by atoms with Gasteiger partial charge in [-0.1, -0.05) is 72.0 Å².